The predicted molar refractivity (Wildman–Crippen MR) is 104 cm³/mol. The van der Waals surface area contributed by atoms with E-state index < -0.39 is 0 Å². The van der Waals surface area contributed by atoms with E-state index in [0.717, 1.165) is 0 Å². The van der Waals surface area contributed by atoms with Gasteiger partial charge in [0.05, 0.1) is 11.4 Å². The zero-order chi connectivity index (χ0) is 15.7. The highest BCUT2D eigenvalue weighted by Gasteiger charge is 2.15. The second kappa shape index (κ2) is 4.18. The average molecular weight is 306 g/mol. The van der Waals surface area contributed by atoms with Gasteiger partial charge in [-0.2, -0.15) is 0 Å². The predicted octanol–water partition coefficient (Wildman–Crippen LogP) is 4.02. The van der Waals surface area contributed by atoms with E-state index in [0.29, 0.717) is 0 Å². The number of benzene rings is 4. The Bertz CT molecular complexity index is 1240. The number of fused-ring (bicyclic) bond motifs is 4. The van der Waals surface area contributed by atoms with E-state index >= 15 is 0 Å². The lowest BCUT2D eigenvalue weighted by Gasteiger charge is -2.18. The fourth-order valence-electron chi connectivity index (χ4n) is 4.15. The zero-order valence-corrected chi connectivity index (χ0v) is 12.9. The molecule has 2 heterocycles. The minimum atomic E-state index is 1.21. The molecule has 0 saturated heterocycles. The Balaban J connectivity index is 1.93. The maximum Gasteiger partial charge on any atom is 0.0533 e. The summed E-state index contributed by atoms with van der Waals surface area (Å²) in [5.74, 6) is 0. The van der Waals surface area contributed by atoms with Gasteiger partial charge in [0.1, 0.15) is 0 Å². The van der Waals surface area contributed by atoms with Crippen molar-refractivity contribution in [2.45, 2.75) is 0 Å². The third kappa shape index (κ3) is 1.41. The molecule has 0 unspecified atom stereocenters. The smallest absolute Gasteiger partial charge is 0.0533 e. The maximum atomic E-state index is 3.43. The summed E-state index contributed by atoms with van der Waals surface area (Å²) in [6, 6.07) is 13.6. The molecule has 0 amide bonds. The first-order valence-corrected chi connectivity index (χ1v) is 8.21. The highest BCUT2D eigenvalue weighted by atomic mass is 14.9. The summed E-state index contributed by atoms with van der Waals surface area (Å²) in [6.45, 7) is 0. The minimum Gasteiger partial charge on any atom is -0.361 e. The Morgan fingerprint density at radius 1 is 0.583 bits per heavy atom. The van der Waals surface area contributed by atoms with Crippen LogP contribution in [0, 0.1) is 0 Å². The molecular formula is C22H14N2. The number of hydrogen-bond acceptors (Lipinski definition) is 2. The largest absolute Gasteiger partial charge is 0.361 e. The second-order valence-corrected chi connectivity index (χ2v) is 6.44. The van der Waals surface area contributed by atoms with Gasteiger partial charge in [0.15, 0.2) is 0 Å². The Kier molecular flexibility index (Phi) is 2.12. The Labute approximate surface area is 138 Å². The molecule has 4 aromatic carbocycles. The second-order valence-electron chi connectivity index (χ2n) is 6.44. The summed E-state index contributed by atoms with van der Waals surface area (Å²) in [5, 5.41) is 17.2. The van der Waals surface area contributed by atoms with Crippen molar-refractivity contribution in [2.24, 2.45) is 0 Å². The molecule has 2 heteroatoms. The number of hydrogen-bond donors (Lipinski definition) is 2. The first-order chi connectivity index (χ1) is 11.9. The fourth-order valence-corrected chi connectivity index (χ4v) is 4.15. The number of nitrogens with one attached hydrogen (secondary N) is 2. The van der Waals surface area contributed by atoms with Gasteiger partial charge >= 0.3 is 0 Å². The lowest BCUT2D eigenvalue weighted by atomic mass is 9.90. The molecule has 0 spiro atoms. The van der Waals surface area contributed by atoms with Crippen LogP contribution in [-0.2, 0) is 0 Å². The molecule has 2 aliphatic heterocycles. The van der Waals surface area contributed by atoms with Gasteiger partial charge in [0.2, 0.25) is 0 Å². The molecule has 0 aromatic heterocycles. The van der Waals surface area contributed by atoms with Crippen molar-refractivity contribution >= 4 is 55.8 Å². The molecule has 4 aromatic rings. The van der Waals surface area contributed by atoms with Crippen LogP contribution in [0.15, 0.2) is 61.0 Å². The Morgan fingerprint density at radius 3 is 1.58 bits per heavy atom. The normalized spacial score (nSPS) is 14.8. The third-order valence-corrected chi connectivity index (χ3v) is 5.16. The molecule has 2 N–H and O–H groups in total. The van der Waals surface area contributed by atoms with Gasteiger partial charge in [-0.15, -0.1) is 0 Å². The van der Waals surface area contributed by atoms with Crippen molar-refractivity contribution in [3.05, 3.63) is 71.4 Å². The summed E-state index contributed by atoms with van der Waals surface area (Å²) >= 11 is 0. The molecule has 6 rings (SSSR count). The fraction of sp³-hybridized carbons (Fsp3) is 0. The van der Waals surface area contributed by atoms with Gasteiger partial charge in [0.25, 0.3) is 0 Å². The Hall–Kier alpha value is -3.26. The summed E-state index contributed by atoms with van der Waals surface area (Å²) in [5.41, 5.74) is 2.41. The van der Waals surface area contributed by atoms with Crippen LogP contribution in [0.4, 0.5) is 11.4 Å². The lowest BCUT2D eigenvalue weighted by molar-refractivity contribution is 1.54. The highest BCUT2D eigenvalue weighted by molar-refractivity contribution is 6.27. The van der Waals surface area contributed by atoms with Crippen molar-refractivity contribution in [2.75, 3.05) is 10.6 Å². The lowest BCUT2D eigenvalue weighted by Crippen LogP contribution is -2.13. The molecule has 0 bridgehead atoms. The summed E-state index contributed by atoms with van der Waals surface area (Å²) in [7, 11) is 0. The summed E-state index contributed by atoms with van der Waals surface area (Å²) in [4.78, 5) is 0. The molecule has 0 radical (unpaired) electrons. The van der Waals surface area contributed by atoms with E-state index in [1.165, 1.54) is 54.1 Å². The van der Waals surface area contributed by atoms with Crippen LogP contribution >= 0.6 is 0 Å². The number of anilines is 2. The van der Waals surface area contributed by atoms with Gasteiger partial charge in [-0.25, -0.2) is 0 Å². The standard InChI is InChI=1S/C22H14N2/c1-3-15-11-13-5-6-14-12-16-4-2-10-24-22(16)18-8-7-17(19(13)20(14)18)21(15)23-9-1/h1-12,23-24H. The van der Waals surface area contributed by atoms with Crippen LogP contribution in [0.3, 0.4) is 0 Å². The molecule has 112 valence electrons. The van der Waals surface area contributed by atoms with E-state index in [9.17, 15) is 0 Å². The van der Waals surface area contributed by atoms with E-state index in [1.54, 1.807) is 0 Å². The monoisotopic (exact) mass is 306 g/mol. The van der Waals surface area contributed by atoms with Crippen molar-refractivity contribution in [1.82, 2.24) is 0 Å². The third-order valence-electron chi connectivity index (χ3n) is 5.16. The maximum absolute atomic E-state index is 3.43. The van der Waals surface area contributed by atoms with E-state index in [4.69, 9.17) is 0 Å². The average Bonchev–Trinajstić information content (AvgIpc) is 2.65. The molecule has 0 saturated carbocycles. The Morgan fingerprint density at radius 2 is 1.08 bits per heavy atom. The van der Waals surface area contributed by atoms with E-state index in [-0.39, 0.29) is 0 Å². The quantitative estimate of drug-likeness (QED) is 0.479. The summed E-state index contributed by atoms with van der Waals surface area (Å²) < 4.78 is 0. The molecule has 24 heavy (non-hydrogen) atoms. The van der Waals surface area contributed by atoms with Crippen molar-refractivity contribution in [3.63, 3.8) is 0 Å². The van der Waals surface area contributed by atoms with Gasteiger partial charge in [-0.05, 0) is 56.3 Å². The number of allylic oxidation sites excluding steroid dienone is 2. The van der Waals surface area contributed by atoms with Crippen LogP contribution in [-0.4, -0.2) is 0 Å². The van der Waals surface area contributed by atoms with E-state index in [2.05, 4.69) is 71.3 Å². The van der Waals surface area contributed by atoms with Crippen molar-refractivity contribution in [3.8, 4) is 0 Å². The highest BCUT2D eigenvalue weighted by Crippen LogP contribution is 2.38. The SMILES string of the molecule is C1=CNc2c(cc3ccc4cc5c(c6ccc2c3c46)NC=CC=5)=C1. The molecule has 0 aliphatic carbocycles. The van der Waals surface area contributed by atoms with Crippen molar-refractivity contribution in [1.29, 1.82) is 0 Å². The van der Waals surface area contributed by atoms with E-state index in [1.807, 2.05) is 12.4 Å². The molecule has 2 aliphatic rings. The van der Waals surface area contributed by atoms with Crippen LogP contribution in [0.5, 0.6) is 0 Å². The minimum absolute atomic E-state index is 1.21. The topological polar surface area (TPSA) is 24.1 Å². The molecular weight excluding hydrogens is 292 g/mol. The summed E-state index contributed by atoms with van der Waals surface area (Å²) in [6.07, 6.45) is 12.5. The van der Waals surface area contributed by atoms with Gasteiger partial charge < -0.3 is 10.6 Å². The van der Waals surface area contributed by atoms with Crippen molar-refractivity contribution < 1.29 is 0 Å². The van der Waals surface area contributed by atoms with Crippen LogP contribution < -0.4 is 21.1 Å². The molecule has 0 atom stereocenters. The van der Waals surface area contributed by atoms with Crippen LogP contribution in [0.25, 0.3) is 44.5 Å². The zero-order valence-electron chi connectivity index (χ0n) is 12.9. The molecule has 2 nitrogen and oxygen atoms in total. The molecule has 0 fully saturated rings. The first kappa shape index (κ1) is 12.2. The van der Waals surface area contributed by atoms with Gasteiger partial charge in [-0.1, -0.05) is 36.4 Å². The van der Waals surface area contributed by atoms with Gasteiger partial charge in [-0.3, -0.25) is 0 Å². The van der Waals surface area contributed by atoms with Gasteiger partial charge in [0, 0.05) is 23.2 Å². The van der Waals surface area contributed by atoms with Crippen LogP contribution in [0.1, 0.15) is 0 Å². The first-order valence-electron chi connectivity index (χ1n) is 8.21. The number of rotatable bonds is 0. The van der Waals surface area contributed by atoms with Crippen LogP contribution in [0.2, 0.25) is 0 Å².